The van der Waals surface area contributed by atoms with E-state index in [2.05, 4.69) is 36.0 Å². The molecule has 1 aliphatic rings. The standard InChI is InChI=1S/C12H27N3/c1-4-13-7-5-9-15-10-6-8-14(3)11-12(15)2/h12-13H,4-11H2,1-3H3. The maximum absolute atomic E-state index is 3.39. The average molecular weight is 213 g/mol. The van der Waals surface area contributed by atoms with Gasteiger partial charge in [0.15, 0.2) is 0 Å². The zero-order chi connectivity index (χ0) is 11.1. The van der Waals surface area contributed by atoms with Crippen molar-refractivity contribution in [1.29, 1.82) is 0 Å². The Morgan fingerprint density at radius 2 is 2.13 bits per heavy atom. The molecule has 0 amide bonds. The molecule has 0 bridgehead atoms. The summed E-state index contributed by atoms with van der Waals surface area (Å²) in [6, 6.07) is 0.721. The molecule has 0 aliphatic carbocycles. The Morgan fingerprint density at radius 3 is 2.87 bits per heavy atom. The second-order valence-electron chi connectivity index (χ2n) is 4.71. The van der Waals surface area contributed by atoms with Crippen LogP contribution < -0.4 is 5.32 Å². The first-order valence-corrected chi connectivity index (χ1v) is 6.37. The molecule has 0 spiro atoms. The molecular weight excluding hydrogens is 186 g/mol. The van der Waals surface area contributed by atoms with Crippen LogP contribution in [0.2, 0.25) is 0 Å². The summed E-state index contributed by atoms with van der Waals surface area (Å²) in [6.07, 6.45) is 2.60. The molecule has 1 rings (SSSR count). The van der Waals surface area contributed by atoms with Gasteiger partial charge in [0.25, 0.3) is 0 Å². The zero-order valence-corrected chi connectivity index (χ0v) is 10.6. The molecule has 1 aliphatic heterocycles. The van der Waals surface area contributed by atoms with Gasteiger partial charge in [-0.3, -0.25) is 4.90 Å². The largest absolute Gasteiger partial charge is 0.317 e. The first-order valence-electron chi connectivity index (χ1n) is 6.37. The van der Waals surface area contributed by atoms with E-state index in [1.54, 1.807) is 0 Å². The van der Waals surface area contributed by atoms with Gasteiger partial charge in [0.05, 0.1) is 0 Å². The van der Waals surface area contributed by atoms with Crippen LogP contribution in [-0.2, 0) is 0 Å². The molecule has 1 fully saturated rings. The van der Waals surface area contributed by atoms with E-state index in [1.807, 2.05) is 0 Å². The van der Waals surface area contributed by atoms with E-state index >= 15 is 0 Å². The number of nitrogens with zero attached hydrogens (tertiary/aromatic N) is 2. The van der Waals surface area contributed by atoms with E-state index in [0.717, 1.165) is 19.1 Å². The summed E-state index contributed by atoms with van der Waals surface area (Å²) in [7, 11) is 2.23. The maximum Gasteiger partial charge on any atom is 0.0194 e. The van der Waals surface area contributed by atoms with Crippen LogP contribution in [0.25, 0.3) is 0 Å². The van der Waals surface area contributed by atoms with Crippen molar-refractivity contribution in [2.45, 2.75) is 32.7 Å². The number of likely N-dealkylation sites (N-methyl/N-ethyl adjacent to an activating group) is 1. The predicted octanol–water partition coefficient (Wildman–Crippen LogP) is 1.01. The van der Waals surface area contributed by atoms with Gasteiger partial charge in [0.1, 0.15) is 0 Å². The summed E-state index contributed by atoms with van der Waals surface area (Å²) in [5.74, 6) is 0. The van der Waals surface area contributed by atoms with E-state index in [-0.39, 0.29) is 0 Å². The Bertz CT molecular complexity index is 161. The van der Waals surface area contributed by atoms with Gasteiger partial charge in [0.2, 0.25) is 0 Å². The van der Waals surface area contributed by atoms with Crippen LogP contribution in [0.4, 0.5) is 0 Å². The lowest BCUT2D eigenvalue weighted by atomic mass is 10.2. The van der Waals surface area contributed by atoms with E-state index in [0.29, 0.717) is 0 Å². The highest BCUT2D eigenvalue weighted by atomic mass is 15.2. The van der Waals surface area contributed by atoms with E-state index in [1.165, 1.54) is 39.0 Å². The summed E-state index contributed by atoms with van der Waals surface area (Å²) < 4.78 is 0. The van der Waals surface area contributed by atoms with E-state index < -0.39 is 0 Å². The Balaban J connectivity index is 2.20. The van der Waals surface area contributed by atoms with Gasteiger partial charge < -0.3 is 10.2 Å². The highest BCUT2D eigenvalue weighted by Crippen LogP contribution is 2.08. The van der Waals surface area contributed by atoms with Crippen LogP contribution >= 0.6 is 0 Å². The first-order chi connectivity index (χ1) is 7.24. The number of nitrogens with one attached hydrogen (secondary N) is 1. The van der Waals surface area contributed by atoms with Crippen molar-refractivity contribution in [2.75, 3.05) is 46.3 Å². The quantitative estimate of drug-likeness (QED) is 0.688. The fourth-order valence-corrected chi connectivity index (χ4v) is 2.34. The van der Waals surface area contributed by atoms with Gasteiger partial charge in [0, 0.05) is 12.6 Å². The fourth-order valence-electron chi connectivity index (χ4n) is 2.34. The van der Waals surface area contributed by atoms with Crippen LogP contribution in [0.3, 0.4) is 0 Å². The summed E-state index contributed by atoms with van der Waals surface area (Å²) in [6.45, 7) is 11.8. The normalized spacial score (nSPS) is 25.4. The van der Waals surface area contributed by atoms with Gasteiger partial charge in [-0.15, -0.1) is 0 Å². The molecule has 90 valence electrons. The lowest BCUT2D eigenvalue weighted by Crippen LogP contribution is -2.39. The SMILES string of the molecule is CCNCCCN1CCCN(C)CC1C. The molecule has 1 unspecified atom stereocenters. The minimum atomic E-state index is 0.721. The monoisotopic (exact) mass is 213 g/mol. The van der Waals surface area contributed by atoms with Gasteiger partial charge in [-0.1, -0.05) is 6.92 Å². The third-order valence-electron chi connectivity index (χ3n) is 3.23. The molecule has 0 aromatic carbocycles. The third kappa shape index (κ3) is 4.96. The first kappa shape index (κ1) is 12.9. The molecule has 0 aromatic rings. The zero-order valence-electron chi connectivity index (χ0n) is 10.6. The smallest absolute Gasteiger partial charge is 0.0194 e. The van der Waals surface area contributed by atoms with Crippen LogP contribution in [-0.4, -0.2) is 62.2 Å². The summed E-state index contributed by atoms with van der Waals surface area (Å²) >= 11 is 0. The van der Waals surface area contributed by atoms with Crippen molar-refractivity contribution in [1.82, 2.24) is 15.1 Å². The van der Waals surface area contributed by atoms with Crippen LogP contribution in [0.1, 0.15) is 26.7 Å². The Morgan fingerprint density at radius 1 is 1.33 bits per heavy atom. The van der Waals surface area contributed by atoms with Gasteiger partial charge >= 0.3 is 0 Å². The fraction of sp³-hybridized carbons (Fsp3) is 1.00. The maximum atomic E-state index is 3.39. The highest BCUT2D eigenvalue weighted by Gasteiger charge is 2.18. The van der Waals surface area contributed by atoms with E-state index in [4.69, 9.17) is 0 Å². The summed E-state index contributed by atoms with van der Waals surface area (Å²) in [5.41, 5.74) is 0. The molecule has 1 saturated heterocycles. The van der Waals surface area contributed by atoms with Crippen LogP contribution in [0.5, 0.6) is 0 Å². The molecule has 0 radical (unpaired) electrons. The van der Waals surface area contributed by atoms with Crippen molar-refractivity contribution >= 4 is 0 Å². The highest BCUT2D eigenvalue weighted by molar-refractivity contribution is 4.75. The average Bonchev–Trinajstić information content (AvgIpc) is 2.35. The molecular formula is C12H27N3. The van der Waals surface area contributed by atoms with Crippen molar-refractivity contribution in [3.05, 3.63) is 0 Å². The Kier molecular flexibility index (Phi) is 6.22. The van der Waals surface area contributed by atoms with Gasteiger partial charge in [-0.25, -0.2) is 0 Å². The predicted molar refractivity (Wildman–Crippen MR) is 66.3 cm³/mol. The minimum absolute atomic E-state index is 0.721. The summed E-state index contributed by atoms with van der Waals surface area (Å²) in [5, 5.41) is 3.39. The lowest BCUT2D eigenvalue weighted by Gasteiger charge is -2.27. The van der Waals surface area contributed by atoms with Gasteiger partial charge in [-0.05, 0) is 59.5 Å². The second kappa shape index (κ2) is 7.20. The minimum Gasteiger partial charge on any atom is -0.317 e. The third-order valence-corrected chi connectivity index (χ3v) is 3.23. The lowest BCUT2D eigenvalue weighted by molar-refractivity contribution is 0.200. The molecule has 1 heterocycles. The number of rotatable bonds is 5. The van der Waals surface area contributed by atoms with Crippen molar-refractivity contribution in [2.24, 2.45) is 0 Å². The van der Waals surface area contributed by atoms with Crippen molar-refractivity contribution < 1.29 is 0 Å². The number of hydrogen-bond acceptors (Lipinski definition) is 3. The molecule has 15 heavy (non-hydrogen) atoms. The molecule has 0 aromatic heterocycles. The molecule has 1 atom stereocenters. The van der Waals surface area contributed by atoms with Crippen molar-refractivity contribution in [3.8, 4) is 0 Å². The topological polar surface area (TPSA) is 18.5 Å². The van der Waals surface area contributed by atoms with E-state index in [9.17, 15) is 0 Å². The van der Waals surface area contributed by atoms with Crippen molar-refractivity contribution in [3.63, 3.8) is 0 Å². The summed E-state index contributed by atoms with van der Waals surface area (Å²) in [4.78, 5) is 5.09. The van der Waals surface area contributed by atoms with Crippen LogP contribution in [0.15, 0.2) is 0 Å². The van der Waals surface area contributed by atoms with Crippen LogP contribution in [0, 0.1) is 0 Å². The molecule has 3 nitrogen and oxygen atoms in total. The number of hydrogen-bond donors (Lipinski definition) is 1. The molecule has 0 saturated carbocycles. The molecule has 1 N–H and O–H groups in total. The molecule has 3 heteroatoms. The Labute approximate surface area is 94.8 Å². The Hall–Kier alpha value is -0.120. The van der Waals surface area contributed by atoms with Gasteiger partial charge in [-0.2, -0.15) is 0 Å². The second-order valence-corrected chi connectivity index (χ2v) is 4.71.